The van der Waals surface area contributed by atoms with E-state index in [1.165, 1.54) is 18.4 Å². The summed E-state index contributed by atoms with van der Waals surface area (Å²) in [5.41, 5.74) is 1.03. The van der Waals surface area contributed by atoms with Crippen LogP contribution in [0.1, 0.15) is 59.3 Å². The second-order valence-corrected chi connectivity index (χ2v) is 6.53. The number of hydrogen-bond acceptors (Lipinski definition) is 1. The summed E-state index contributed by atoms with van der Waals surface area (Å²) in [4.78, 5) is 0. The van der Waals surface area contributed by atoms with Gasteiger partial charge in [-0.2, -0.15) is 0 Å². The zero-order chi connectivity index (χ0) is 12.0. The number of allylic oxidation sites excluding steroid dienone is 1. The van der Waals surface area contributed by atoms with Crippen LogP contribution in [0.15, 0.2) is 12.2 Å². The van der Waals surface area contributed by atoms with E-state index in [0.717, 1.165) is 25.7 Å². The summed E-state index contributed by atoms with van der Waals surface area (Å²) in [5, 5.41) is 10.9. The molecule has 2 aliphatic rings. The second kappa shape index (κ2) is 3.87. The van der Waals surface area contributed by atoms with Crippen LogP contribution in [0.5, 0.6) is 0 Å². The largest absolute Gasteiger partial charge is 0.389 e. The summed E-state index contributed by atoms with van der Waals surface area (Å²) in [6.45, 7) is 10.9. The molecule has 4 atom stereocenters. The first kappa shape index (κ1) is 12.2. The molecule has 1 heteroatoms. The van der Waals surface area contributed by atoms with Crippen molar-refractivity contribution < 1.29 is 5.11 Å². The van der Waals surface area contributed by atoms with Gasteiger partial charge >= 0.3 is 0 Å². The number of aliphatic hydroxyl groups is 1. The summed E-state index contributed by atoms with van der Waals surface area (Å²) < 4.78 is 0. The van der Waals surface area contributed by atoms with E-state index < -0.39 is 5.60 Å². The minimum Gasteiger partial charge on any atom is -0.389 e. The lowest BCUT2D eigenvalue weighted by Crippen LogP contribution is -2.56. The van der Waals surface area contributed by atoms with Crippen LogP contribution >= 0.6 is 0 Å². The highest BCUT2D eigenvalue weighted by molar-refractivity contribution is 5.11. The Morgan fingerprint density at radius 1 is 1.31 bits per heavy atom. The van der Waals surface area contributed by atoms with Gasteiger partial charge in [0.25, 0.3) is 0 Å². The van der Waals surface area contributed by atoms with Gasteiger partial charge in [0.1, 0.15) is 0 Å². The van der Waals surface area contributed by atoms with E-state index in [1.807, 2.05) is 0 Å². The standard InChI is InChI=1S/C15H26O/c1-11(2)13-7-9-15(16)8-5-6-12(3)14(15,4)10-13/h12-13,16H,1,5-10H2,2-4H3/t12-,13+,14+,15-/m0/s1. The number of rotatable bonds is 1. The van der Waals surface area contributed by atoms with Crippen molar-refractivity contribution in [2.24, 2.45) is 17.3 Å². The molecule has 0 saturated heterocycles. The van der Waals surface area contributed by atoms with Gasteiger partial charge < -0.3 is 5.11 Å². The molecule has 0 radical (unpaired) electrons. The summed E-state index contributed by atoms with van der Waals surface area (Å²) in [6.07, 6.45) is 6.74. The summed E-state index contributed by atoms with van der Waals surface area (Å²) in [7, 11) is 0. The first-order chi connectivity index (χ1) is 7.39. The Morgan fingerprint density at radius 2 is 2.00 bits per heavy atom. The lowest BCUT2D eigenvalue weighted by molar-refractivity contribution is -0.165. The fourth-order valence-corrected chi connectivity index (χ4v) is 4.01. The molecule has 2 aliphatic carbocycles. The van der Waals surface area contributed by atoms with E-state index in [2.05, 4.69) is 27.4 Å². The third-order valence-corrected chi connectivity index (χ3v) is 5.65. The normalized spacial score (nSPS) is 48.5. The van der Waals surface area contributed by atoms with Gasteiger partial charge in [0, 0.05) is 0 Å². The average Bonchev–Trinajstić information content (AvgIpc) is 2.20. The summed E-state index contributed by atoms with van der Waals surface area (Å²) in [6, 6.07) is 0. The molecule has 0 heterocycles. The Labute approximate surface area is 99.9 Å². The highest BCUT2D eigenvalue weighted by atomic mass is 16.3. The maximum absolute atomic E-state index is 10.9. The topological polar surface area (TPSA) is 20.2 Å². The zero-order valence-electron chi connectivity index (χ0n) is 11.1. The predicted molar refractivity (Wildman–Crippen MR) is 68.2 cm³/mol. The van der Waals surface area contributed by atoms with Crippen LogP contribution in [-0.4, -0.2) is 10.7 Å². The van der Waals surface area contributed by atoms with E-state index in [4.69, 9.17) is 0 Å². The van der Waals surface area contributed by atoms with Gasteiger partial charge in [-0.3, -0.25) is 0 Å². The molecular weight excluding hydrogens is 196 g/mol. The lowest BCUT2D eigenvalue weighted by Gasteiger charge is -2.57. The minimum atomic E-state index is -0.392. The van der Waals surface area contributed by atoms with Gasteiger partial charge in [-0.15, -0.1) is 0 Å². The smallest absolute Gasteiger partial charge is 0.0704 e. The predicted octanol–water partition coefficient (Wildman–Crippen LogP) is 3.92. The first-order valence-corrected chi connectivity index (χ1v) is 6.77. The Kier molecular flexibility index (Phi) is 2.94. The molecule has 2 fully saturated rings. The van der Waals surface area contributed by atoms with Crippen LogP contribution in [0.3, 0.4) is 0 Å². The Hall–Kier alpha value is -0.300. The van der Waals surface area contributed by atoms with Crippen molar-refractivity contribution in [3.05, 3.63) is 12.2 Å². The molecule has 1 N–H and O–H groups in total. The Morgan fingerprint density at radius 3 is 2.62 bits per heavy atom. The quantitative estimate of drug-likeness (QED) is 0.667. The van der Waals surface area contributed by atoms with Crippen LogP contribution in [0.25, 0.3) is 0 Å². The van der Waals surface area contributed by atoms with Crippen LogP contribution in [-0.2, 0) is 0 Å². The third-order valence-electron chi connectivity index (χ3n) is 5.65. The maximum Gasteiger partial charge on any atom is 0.0704 e. The van der Waals surface area contributed by atoms with Gasteiger partial charge in [0.05, 0.1) is 5.60 Å². The van der Waals surface area contributed by atoms with E-state index in [-0.39, 0.29) is 5.41 Å². The van der Waals surface area contributed by atoms with E-state index in [0.29, 0.717) is 11.8 Å². The average molecular weight is 222 g/mol. The molecule has 2 rings (SSSR count). The van der Waals surface area contributed by atoms with Crippen molar-refractivity contribution in [2.75, 3.05) is 0 Å². The summed E-state index contributed by atoms with van der Waals surface area (Å²) >= 11 is 0. The van der Waals surface area contributed by atoms with Crippen LogP contribution in [0.4, 0.5) is 0 Å². The van der Waals surface area contributed by atoms with Gasteiger partial charge in [-0.25, -0.2) is 0 Å². The fraction of sp³-hybridized carbons (Fsp3) is 0.867. The zero-order valence-corrected chi connectivity index (χ0v) is 11.1. The highest BCUT2D eigenvalue weighted by Crippen LogP contribution is 2.57. The Bertz CT molecular complexity index is 296. The molecule has 0 aromatic heterocycles. The fourth-order valence-electron chi connectivity index (χ4n) is 4.01. The highest BCUT2D eigenvalue weighted by Gasteiger charge is 2.54. The molecule has 0 unspecified atom stereocenters. The van der Waals surface area contributed by atoms with Crippen LogP contribution < -0.4 is 0 Å². The van der Waals surface area contributed by atoms with Gasteiger partial charge in [0.2, 0.25) is 0 Å². The molecule has 0 aliphatic heterocycles. The van der Waals surface area contributed by atoms with Crippen molar-refractivity contribution in [3.8, 4) is 0 Å². The van der Waals surface area contributed by atoms with Crippen molar-refractivity contribution in [1.29, 1.82) is 0 Å². The SMILES string of the molecule is C=C(C)[C@@H]1CC[C@@]2(O)CCC[C@H](C)[C@@]2(C)C1. The molecule has 0 bridgehead atoms. The number of hydrogen-bond donors (Lipinski definition) is 1. The number of fused-ring (bicyclic) bond motifs is 1. The van der Waals surface area contributed by atoms with Crippen molar-refractivity contribution in [3.63, 3.8) is 0 Å². The molecule has 0 aromatic rings. The van der Waals surface area contributed by atoms with Gasteiger partial charge in [-0.1, -0.05) is 32.4 Å². The molecule has 0 amide bonds. The summed E-state index contributed by atoms with van der Waals surface area (Å²) in [5.74, 6) is 1.28. The van der Waals surface area contributed by atoms with Crippen molar-refractivity contribution in [2.45, 2.75) is 64.9 Å². The molecule has 2 saturated carbocycles. The monoisotopic (exact) mass is 222 g/mol. The van der Waals surface area contributed by atoms with Crippen molar-refractivity contribution in [1.82, 2.24) is 0 Å². The Balaban J connectivity index is 2.26. The van der Waals surface area contributed by atoms with Crippen LogP contribution in [0.2, 0.25) is 0 Å². The van der Waals surface area contributed by atoms with E-state index in [1.54, 1.807) is 0 Å². The van der Waals surface area contributed by atoms with Gasteiger partial charge in [0.15, 0.2) is 0 Å². The van der Waals surface area contributed by atoms with Gasteiger partial charge in [-0.05, 0) is 56.3 Å². The molecule has 1 nitrogen and oxygen atoms in total. The lowest BCUT2D eigenvalue weighted by atomic mass is 9.51. The van der Waals surface area contributed by atoms with E-state index >= 15 is 0 Å². The minimum absolute atomic E-state index is 0.118. The third kappa shape index (κ3) is 1.64. The molecular formula is C15H26O. The maximum atomic E-state index is 10.9. The second-order valence-electron chi connectivity index (χ2n) is 6.53. The van der Waals surface area contributed by atoms with E-state index in [9.17, 15) is 5.11 Å². The van der Waals surface area contributed by atoms with Crippen LogP contribution in [0, 0.1) is 17.3 Å². The first-order valence-electron chi connectivity index (χ1n) is 6.77. The molecule has 92 valence electrons. The molecule has 0 spiro atoms. The van der Waals surface area contributed by atoms with Crippen molar-refractivity contribution >= 4 is 0 Å². The molecule has 0 aromatic carbocycles. The molecule has 16 heavy (non-hydrogen) atoms.